The van der Waals surface area contributed by atoms with Crippen LogP contribution in [0.5, 0.6) is 5.75 Å². The Labute approximate surface area is 108 Å². The van der Waals surface area contributed by atoms with Crippen LogP contribution in [0.15, 0.2) is 24.3 Å². The van der Waals surface area contributed by atoms with Gasteiger partial charge in [-0.2, -0.15) is 0 Å². The van der Waals surface area contributed by atoms with Crippen LogP contribution in [0.2, 0.25) is 0 Å². The largest absolute Gasteiger partial charge is 0.486 e. The van der Waals surface area contributed by atoms with Crippen LogP contribution in [0.25, 0.3) is 0 Å². The Balaban J connectivity index is 2.64. The second-order valence-electron chi connectivity index (χ2n) is 3.32. The molecule has 0 N–H and O–H groups in total. The molecular weight excluding hydrogens is 288 g/mol. The van der Waals surface area contributed by atoms with Crippen LogP contribution < -0.4 is 4.74 Å². The van der Waals surface area contributed by atoms with E-state index in [0.717, 1.165) is 0 Å². The lowest BCUT2D eigenvalue weighted by Crippen LogP contribution is -2.01. The first-order valence-electron chi connectivity index (χ1n) is 4.57. The summed E-state index contributed by atoms with van der Waals surface area (Å²) in [5.74, 6) is 0.394. The molecule has 0 aliphatic heterocycles. The number of nitrogens with zero attached hydrogens (tertiary/aromatic N) is 1. The summed E-state index contributed by atoms with van der Waals surface area (Å²) in [5.41, 5.74) is -0.136. The maximum atomic E-state index is 11.8. The van der Waals surface area contributed by atoms with Gasteiger partial charge in [0.1, 0.15) is 12.1 Å². The standard InChI is InChI=1S/C9H10Cl2NO4P/c10-5-17(15,6-11)7-16-9-3-1-8(2-4-9)12(13)14/h1-4H,5-7H2. The average molecular weight is 298 g/mol. The lowest BCUT2D eigenvalue weighted by Gasteiger charge is -2.13. The Kier molecular flexibility index (Phi) is 5.25. The van der Waals surface area contributed by atoms with Crippen LogP contribution in [0, 0.1) is 10.1 Å². The Morgan fingerprint density at radius 2 is 1.76 bits per heavy atom. The van der Waals surface area contributed by atoms with Gasteiger partial charge >= 0.3 is 0 Å². The predicted octanol–water partition coefficient (Wildman–Crippen LogP) is 3.69. The fraction of sp³-hybridized carbons (Fsp3) is 0.333. The molecular formula is C9H10Cl2NO4P. The average Bonchev–Trinajstić information content (AvgIpc) is 2.36. The van der Waals surface area contributed by atoms with Gasteiger partial charge in [0.2, 0.25) is 0 Å². The van der Waals surface area contributed by atoms with Gasteiger partial charge in [0.05, 0.1) is 16.2 Å². The maximum Gasteiger partial charge on any atom is 0.269 e. The number of halogens is 2. The molecule has 0 unspecified atom stereocenters. The van der Waals surface area contributed by atoms with Crippen LogP contribution in [0.1, 0.15) is 0 Å². The summed E-state index contributed by atoms with van der Waals surface area (Å²) >= 11 is 11.1. The Morgan fingerprint density at radius 1 is 1.24 bits per heavy atom. The zero-order valence-electron chi connectivity index (χ0n) is 8.71. The van der Waals surface area contributed by atoms with Crippen LogP contribution in [0.3, 0.4) is 0 Å². The van der Waals surface area contributed by atoms with Gasteiger partial charge in [0.15, 0.2) is 7.14 Å². The summed E-state index contributed by atoms with van der Waals surface area (Å²) in [4.78, 5) is 9.90. The Morgan fingerprint density at radius 3 is 2.18 bits per heavy atom. The minimum absolute atomic E-state index is 0.0322. The highest BCUT2D eigenvalue weighted by Crippen LogP contribution is 2.47. The lowest BCUT2D eigenvalue weighted by molar-refractivity contribution is -0.384. The second-order valence-corrected chi connectivity index (χ2v) is 7.61. The molecule has 0 saturated carbocycles. The SMILES string of the molecule is O=[N+]([O-])c1ccc(OCP(=O)(CCl)CCl)cc1. The fourth-order valence-electron chi connectivity index (χ4n) is 0.957. The molecule has 17 heavy (non-hydrogen) atoms. The van der Waals surface area contributed by atoms with Crippen LogP contribution in [-0.4, -0.2) is 22.5 Å². The zero-order chi connectivity index (χ0) is 12.9. The summed E-state index contributed by atoms with van der Waals surface area (Å²) in [7, 11) is -2.70. The van der Waals surface area contributed by atoms with Crippen LogP contribution in [-0.2, 0) is 4.57 Å². The highest BCUT2D eigenvalue weighted by Gasteiger charge is 2.20. The molecule has 1 aromatic rings. The van der Waals surface area contributed by atoms with Gasteiger partial charge in [-0.15, -0.1) is 23.2 Å². The molecule has 5 nitrogen and oxygen atoms in total. The number of non-ortho nitro benzene ring substituents is 1. The molecule has 1 rings (SSSR count). The molecule has 0 saturated heterocycles. The van der Waals surface area contributed by atoms with Crippen molar-refractivity contribution in [1.82, 2.24) is 0 Å². The first-order valence-corrected chi connectivity index (χ1v) is 7.90. The number of rotatable bonds is 6. The summed E-state index contributed by atoms with van der Waals surface area (Å²) < 4.78 is 17.0. The molecule has 0 fully saturated rings. The van der Waals surface area contributed by atoms with Crippen molar-refractivity contribution in [2.24, 2.45) is 0 Å². The van der Waals surface area contributed by atoms with E-state index in [-0.39, 0.29) is 23.3 Å². The van der Waals surface area contributed by atoms with Gasteiger partial charge < -0.3 is 9.30 Å². The van der Waals surface area contributed by atoms with E-state index in [1.165, 1.54) is 24.3 Å². The predicted molar refractivity (Wildman–Crippen MR) is 67.6 cm³/mol. The Bertz CT molecular complexity index is 429. The molecule has 0 aliphatic rings. The lowest BCUT2D eigenvalue weighted by atomic mass is 10.3. The second kappa shape index (κ2) is 6.24. The van der Waals surface area contributed by atoms with E-state index in [2.05, 4.69) is 0 Å². The summed E-state index contributed by atoms with van der Waals surface area (Å²) in [6, 6.07) is 5.49. The first-order chi connectivity index (χ1) is 8.00. The van der Waals surface area contributed by atoms with Crippen molar-refractivity contribution in [2.45, 2.75) is 0 Å². The molecule has 0 amide bonds. The van der Waals surface area contributed by atoms with Crippen molar-refractivity contribution in [3.8, 4) is 5.75 Å². The molecule has 0 heterocycles. The zero-order valence-corrected chi connectivity index (χ0v) is 11.1. The molecule has 0 radical (unpaired) electrons. The van der Waals surface area contributed by atoms with Crippen LogP contribution in [0.4, 0.5) is 5.69 Å². The number of hydrogen-bond acceptors (Lipinski definition) is 4. The number of nitro benzene ring substituents is 1. The molecule has 1 aromatic carbocycles. The molecule has 0 bridgehead atoms. The van der Waals surface area contributed by atoms with E-state index in [9.17, 15) is 14.7 Å². The summed E-state index contributed by atoms with van der Waals surface area (Å²) in [5, 5.41) is 10.4. The molecule has 0 spiro atoms. The number of nitro groups is 1. The third kappa shape index (κ3) is 4.19. The van der Waals surface area contributed by atoms with E-state index < -0.39 is 12.1 Å². The van der Waals surface area contributed by atoms with Crippen molar-refractivity contribution in [1.29, 1.82) is 0 Å². The summed E-state index contributed by atoms with van der Waals surface area (Å²) in [6.07, 6.45) is -0.0716. The van der Waals surface area contributed by atoms with Crippen LogP contribution >= 0.6 is 30.3 Å². The van der Waals surface area contributed by atoms with Gasteiger partial charge in [-0.3, -0.25) is 10.1 Å². The van der Waals surface area contributed by atoms with E-state index >= 15 is 0 Å². The quantitative estimate of drug-likeness (QED) is 0.347. The molecule has 8 heteroatoms. The molecule has 0 atom stereocenters. The van der Waals surface area contributed by atoms with Gasteiger partial charge in [0, 0.05) is 12.1 Å². The van der Waals surface area contributed by atoms with Crippen molar-refractivity contribution in [2.75, 3.05) is 17.6 Å². The highest BCUT2D eigenvalue weighted by molar-refractivity contribution is 7.66. The fourth-order valence-corrected chi connectivity index (χ4v) is 2.72. The van der Waals surface area contributed by atoms with E-state index in [1.54, 1.807) is 0 Å². The van der Waals surface area contributed by atoms with E-state index in [0.29, 0.717) is 5.75 Å². The van der Waals surface area contributed by atoms with Crippen molar-refractivity contribution >= 4 is 36.0 Å². The number of hydrogen-bond donors (Lipinski definition) is 0. The summed E-state index contributed by atoms with van der Waals surface area (Å²) in [6.45, 7) is 0. The maximum absolute atomic E-state index is 11.8. The third-order valence-corrected chi connectivity index (χ3v) is 6.03. The van der Waals surface area contributed by atoms with Gasteiger partial charge in [0.25, 0.3) is 5.69 Å². The van der Waals surface area contributed by atoms with Gasteiger partial charge in [-0.1, -0.05) is 0 Å². The normalized spacial score (nSPS) is 11.2. The van der Waals surface area contributed by atoms with Gasteiger partial charge in [-0.05, 0) is 12.1 Å². The molecule has 0 aromatic heterocycles. The molecule has 0 aliphatic carbocycles. The molecule has 94 valence electrons. The van der Waals surface area contributed by atoms with Crippen molar-refractivity contribution in [3.63, 3.8) is 0 Å². The topological polar surface area (TPSA) is 69.4 Å². The smallest absolute Gasteiger partial charge is 0.269 e. The Hall–Kier alpha value is -0.770. The third-order valence-electron chi connectivity index (χ3n) is 1.95. The number of ether oxygens (including phenoxy) is 1. The minimum atomic E-state index is -2.70. The van der Waals surface area contributed by atoms with E-state index in [4.69, 9.17) is 27.9 Å². The van der Waals surface area contributed by atoms with Crippen molar-refractivity contribution in [3.05, 3.63) is 34.4 Å². The van der Waals surface area contributed by atoms with Crippen molar-refractivity contribution < 1.29 is 14.2 Å². The highest BCUT2D eigenvalue weighted by atomic mass is 35.5. The number of benzene rings is 1. The minimum Gasteiger partial charge on any atom is -0.486 e. The van der Waals surface area contributed by atoms with E-state index in [1.807, 2.05) is 0 Å². The number of alkyl halides is 2. The monoisotopic (exact) mass is 297 g/mol. The van der Waals surface area contributed by atoms with Gasteiger partial charge in [-0.25, -0.2) is 0 Å². The first kappa shape index (κ1) is 14.3.